The summed E-state index contributed by atoms with van der Waals surface area (Å²) in [7, 11) is -4.02. The third kappa shape index (κ3) is 8.06. The van der Waals surface area contributed by atoms with Crippen LogP contribution >= 0.6 is 35.0 Å². The average Bonchev–Trinajstić information content (AvgIpc) is 2.69. The first kappa shape index (κ1) is 26.6. The molecular weight excluding hydrogens is 508 g/mol. The van der Waals surface area contributed by atoms with Crippen molar-refractivity contribution >= 4 is 56.6 Å². The van der Waals surface area contributed by atoms with Crippen LogP contribution in [0, 0.1) is 0 Å². The van der Waals surface area contributed by atoms with E-state index in [4.69, 9.17) is 23.2 Å². The summed E-state index contributed by atoms with van der Waals surface area (Å²) in [5.41, 5.74) is -0.468. The normalized spacial score (nSPS) is 11.9. The van der Waals surface area contributed by atoms with Crippen LogP contribution < -0.4 is 9.62 Å². The molecule has 5 nitrogen and oxygen atoms in total. The predicted molar refractivity (Wildman–Crippen MR) is 124 cm³/mol. The van der Waals surface area contributed by atoms with E-state index >= 15 is 0 Å². The number of benzene rings is 2. The van der Waals surface area contributed by atoms with E-state index < -0.39 is 39.2 Å². The number of thioether (sulfide) groups is 1. The second-order valence-electron chi connectivity index (χ2n) is 6.78. The van der Waals surface area contributed by atoms with Gasteiger partial charge in [0.25, 0.3) is 0 Å². The minimum Gasteiger partial charge on any atom is -0.354 e. The zero-order valence-corrected chi connectivity index (χ0v) is 20.1. The number of alkyl halides is 3. The Morgan fingerprint density at radius 1 is 1.12 bits per heavy atom. The first-order valence-corrected chi connectivity index (χ1v) is 13.1. The molecule has 0 atom stereocenters. The lowest BCUT2D eigenvalue weighted by Gasteiger charge is -2.23. The lowest BCUT2D eigenvalue weighted by molar-refractivity contribution is -0.137. The first-order valence-electron chi connectivity index (χ1n) is 9.32. The van der Waals surface area contributed by atoms with Crippen molar-refractivity contribution in [2.75, 3.05) is 29.4 Å². The number of carbonyl (C=O) groups is 1. The lowest BCUT2D eigenvalue weighted by Crippen LogP contribution is -2.40. The molecule has 0 spiro atoms. The van der Waals surface area contributed by atoms with Gasteiger partial charge in [-0.2, -0.15) is 24.9 Å². The Hall–Kier alpha value is -1.62. The summed E-state index contributed by atoms with van der Waals surface area (Å²) in [6.45, 7) is -0.356. The Morgan fingerprint density at radius 2 is 1.81 bits per heavy atom. The van der Waals surface area contributed by atoms with Crippen molar-refractivity contribution in [1.29, 1.82) is 0 Å². The summed E-state index contributed by atoms with van der Waals surface area (Å²) < 4.78 is 64.2. The van der Waals surface area contributed by atoms with Crippen LogP contribution in [0.1, 0.15) is 17.5 Å². The minimum absolute atomic E-state index is 0.292. The topological polar surface area (TPSA) is 66.5 Å². The van der Waals surface area contributed by atoms with Crippen LogP contribution in [0.15, 0.2) is 42.5 Å². The minimum atomic E-state index is -4.76. The van der Waals surface area contributed by atoms with Crippen molar-refractivity contribution in [3.05, 3.63) is 63.6 Å². The molecule has 0 fully saturated rings. The van der Waals surface area contributed by atoms with Crippen LogP contribution in [-0.2, 0) is 26.7 Å². The Bertz CT molecular complexity index is 1050. The summed E-state index contributed by atoms with van der Waals surface area (Å²) in [5.74, 6) is 0.816. The predicted octanol–water partition coefficient (Wildman–Crippen LogP) is 5.22. The van der Waals surface area contributed by atoms with Crippen LogP contribution in [0.5, 0.6) is 0 Å². The van der Waals surface area contributed by atoms with E-state index in [9.17, 15) is 26.4 Å². The van der Waals surface area contributed by atoms with Crippen molar-refractivity contribution in [3.63, 3.8) is 0 Å². The molecule has 1 N–H and O–H groups in total. The van der Waals surface area contributed by atoms with Crippen LogP contribution in [-0.4, -0.2) is 39.4 Å². The Labute approximate surface area is 199 Å². The van der Waals surface area contributed by atoms with Gasteiger partial charge in [0.15, 0.2) is 0 Å². The third-order valence-corrected chi connectivity index (χ3v) is 7.17. The SMILES string of the molecule is CS(=O)(=O)N(CC(=O)NCCCSCc1ccccc1Cl)c1ccc(Cl)c(C(F)(F)F)c1. The van der Waals surface area contributed by atoms with Crippen LogP contribution in [0.3, 0.4) is 0 Å². The zero-order valence-electron chi connectivity index (χ0n) is 17.0. The van der Waals surface area contributed by atoms with E-state index in [0.717, 1.165) is 29.7 Å². The Morgan fingerprint density at radius 3 is 2.44 bits per heavy atom. The quantitative estimate of drug-likeness (QED) is 0.429. The molecule has 2 rings (SSSR count). The average molecular weight is 529 g/mol. The molecule has 0 saturated carbocycles. The molecule has 32 heavy (non-hydrogen) atoms. The molecule has 0 heterocycles. The van der Waals surface area contributed by atoms with Gasteiger partial charge in [-0.15, -0.1) is 0 Å². The maximum Gasteiger partial charge on any atom is 0.417 e. The second kappa shape index (κ2) is 11.5. The molecule has 12 heteroatoms. The number of hydrogen-bond acceptors (Lipinski definition) is 4. The second-order valence-corrected chi connectivity index (χ2v) is 10.6. The van der Waals surface area contributed by atoms with Gasteiger partial charge < -0.3 is 5.32 Å². The maximum atomic E-state index is 13.1. The van der Waals surface area contributed by atoms with Gasteiger partial charge in [-0.3, -0.25) is 9.10 Å². The molecule has 0 radical (unpaired) electrons. The molecule has 0 aliphatic heterocycles. The molecule has 2 aromatic carbocycles. The highest BCUT2D eigenvalue weighted by Gasteiger charge is 2.34. The van der Waals surface area contributed by atoms with Crippen LogP contribution in [0.2, 0.25) is 10.0 Å². The molecule has 0 aliphatic carbocycles. The number of sulfonamides is 1. The monoisotopic (exact) mass is 528 g/mol. The van der Waals surface area contributed by atoms with Gasteiger partial charge in [0, 0.05) is 17.3 Å². The van der Waals surface area contributed by atoms with E-state index in [1.807, 2.05) is 24.3 Å². The smallest absolute Gasteiger partial charge is 0.354 e. The Balaban J connectivity index is 1.91. The number of hydrogen-bond donors (Lipinski definition) is 1. The van der Waals surface area contributed by atoms with E-state index in [0.29, 0.717) is 34.1 Å². The first-order chi connectivity index (χ1) is 14.9. The highest BCUT2D eigenvalue weighted by atomic mass is 35.5. The van der Waals surface area contributed by atoms with Gasteiger partial charge in [0.2, 0.25) is 15.9 Å². The maximum absolute atomic E-state index is 13.1. The fraction of sp³-hybridized carbons (Fsp3) is 0.350. The van der Waals surface area contributed by atoms with E-state index in [-0.39, 0.29) is 5.69 Å². The number of rotatable bonds is 10. The van der Waals surface area contributed by atoms with Crippen molar-refractivity contribution < 1.29 is 26.4 Å². The number of nitrogens with one attached hydrogen (secondary N) is 1. The fourth-order valence-electron chi connectivity index (χ4n) is 2.67. The molecule has 0 aliphatic rings. The van der Waals surface area contributed by atoms with E-state index in [1.54, 1.807) is 11.8 Å². The Kier molecular flexibility index (Phi) is 9.56. The van der Waals surface area contributed by atoms with Gasteiger partial charge in [-0.25, -0.2) is 8.42 Å². The van der Waals surface area contributed by atoms with E-state index in [1.165, 1.54) is 0 Å². The summed E-state index contributed by atoms with van der Waals surface area (Å²) in [6.07, 6.45) is -3.33. The molecule has 1 amide bonds. The molecule has 0 unspecified atom stereocenters. The van der Waals surface area contributed by atoms with Crippen molar-refractivity contribution in [1.82, 2.24) is 5.32 Å². The summed E-state index contributed by atoms with van der Waals surface area (Å²) in [5, 5.41) is 2.71. The standard InChI is InChI=1S/C20H21Cl2F3N2O3S2/c1-32(29,30)27(15-7-8-18(22)16(11-15)20(23,24)25)12-19(28)26-9-4-10-31-13-14-5-2-3-6-17(14)21/h2-3,5-8,11H,4,9-10,12-13H2,1H3,(H,26,28). The molecule has 0 saturated heterocycles. The van der Waals surface area contributed by atoms with Gasteiger partial charge in [0.05, 0.1) is 22.5 Å². The van der Waals surface area contributed by atoms with Gasteiger partial charge in [0.1, 0.15) is 6.54 Å². The number of anilines is 1. The largest absolute Gasteiger partial charge is 0.417 e. The highest BCUT2D eigenvalue weighted by molar-refractivity contribution is 7.98. The van der Waals surface area contributed by atoms with Gasteiger partial charge in [-0.1, -0.05) is 41.4 Å². The number of amides is 1. The van der Waals surface area contributed by atoms with E-state index in [2.05, 4.69) is 5.32 Å². The number of nitrogens with zero attached hydrogens (tertiary/aromatic N) is 1. The zero-order chi connectivity index (χ0) is 23.9. The van der Waals surface area contributed by atoms with Gasteiger partial charge in [-0.05, 0) is 42.0 Å². The molecule has 2 aromatic rings. The molecule has 0 bridgehead atoms. The number of carbonyl (C=O) groups excluding carboxylic acids is 1. The van der Waals surface area contributed by atoms with Crippen LogP contribution in [0.25, 0.3) is 0 Å². The summed E-state index contributed by atoms with van der Waals surface area (Å²) >= 11 is 13.3. The summed E-state index contributed by atoms with van der Waals surface area (Å²) in [6, 6.07) is 10.2. The lowest BCUT2D eigenvalue weighted by atomic mass is 10.2. The van der Waals surface area contributed by atoms with Crippen LogP contribution in [0.4, 0.5) is 18.9 Å². The van der Waals surface area contributed by atoms with Gasteiger partial charge >= 0.3 is 6.18 Å². The molecule has 176 valence electrons. The van der Waals surface area contributed by atoms with Crippen molar-refractivity contribution in [2.45, 2.75) is 18.3 Å². The highest BCUT2D eigenvalue weighted by Crippen LogP contribution is 2.37. The fourth-order valence-corrected chi connectivity index (χ4v) is 4.99. The van der Waals surface area contributed by atoms with Crippen molar-refractivity contribution in [3.8, 4) is 0 Å². The molecule has 0 aromatic heterocycles. The third-order valence-electron chi connectivity index (χ3n) is 4.23. The number of halogens is 5. The molecular formula is C20H21Cl2F3N2O3S2. The summed E-state index contributed by atoms with van der Waals surface area (Å²) in [4.78, 5) is 12.2. The van der Waals surface area contributed by atoms with Crippen molar-refractivity contribution in [2.24, 2.45) is 0 Å².